The molecule has 0 spiro atoms. The minimum Gasteiger partial charge on any atom is -0.507 e. The van der Waals surface area contributed by atoms with E-state index in [1.165, 1.54) is 0 Å². The molecule has 0 aromatic heterocycles. The van der Waals surface area contributed by atoms with Crippen molar-refractivity contribution in [2.45, 2.75) is 20.8 Å². The number of phenolic OH excluding ortho intramolecular Hbond substituents is 1. The van der Waals surface area contributed by atoms with Gasteiger partial charge in [0.2, 0.25) is 0 Å². The molecule has 1 fully saturated rings. The topological polar surface area (TPSA) is 40.5 Å². The van der Waals surface area contributed by atoms with E-state index in [0.29, 0.717) is 17.4 Å². The van der Waals surface area contributed by atoms with Crippen molar-refractivity contribution in [1.29, 1.82) is 0 Å². The van der Waals surface area contributed by atoms with Gasteiger partial charge in [0.15, 0.2) is 0 Å². The first-order chi connectivity index (χ1) is 8.00. The Morgan fingerprint density at radius 2 is 1.88 bits per heavy atom. The van der Waals surface area contributed by atoms with Crippen LogP contribution in [0.5, 0.6) is 5.75 Å². The van der Waals surface area contributed by atoms with E-state index in [2.05, 4.69) is 13.8 Å². The normalized spacial score (nSPS) is 24.1. The number of aromatic hydroxyl groups is 1. The number of carbonyl (C=O) groups is 1. The molecular formula is C14H19NO2. The molecule has 2 atom stereocenters. The zero-order chi connectivity index (χ0) is 12.6. The fourth-order valence-corrected chi connectivity index (χ4v) is 2.30. The third-order valence-corrected chi connectivity index (χ3v) is 3.74. The van der Waals surface area contributed by atoms with Crippen LogP contribution in [0.3, 0.4) is 0 Å². The number of hydrogen-bond donors (Lipinski definition) is 1. The van der Waals surface area contributed by atoms with E-state index in [4.69, 9.17) is 0 Å². The van der Waals surface area contributed by atoms with Crippen molar-refractivity contribution in [2.75, 3.05) is 13.1 Å². The van der Waals surface area contributed by atoms with Gasteiger partial charge in [0.1, 0.15) is 5.75 Å². The average molecular weight is 233 g/mol. The molecule has 1 aromatic rings. The maximum absolute atomic E-state index is 12.3. The van der Waals surface area contributed by atoms with Gasteiger partial charge in [-0.25, -0.2) is 0 Å². The summed E-state index contributed by atoms with van der Waals surface area (Å²) in [7, 11) is 0. The number of para-hydroxylation sites is 1. The number of hydrogen-bond acceptors (Lipinski definition) is 2. The Morgan fingerprint density at radius 1 is 1.29 bits per heavy atom. The van der Waals surface area contributed by atoms with Gasteiger partial charge >= 0.3 is 0 Å². The summed E-state index contributed by atoms with van der Waals surface area (Å²) in [4.78, 5) is 14.1. The Labute approximate surface area is 102 Å². The highest BCUT2D eigenvalue weighted by molar-refractivity contribution is 5.97. The Bertz CT molecular complexity index is 432. The largest absolute Gasteiger partial charge is 0.507 e. The lowest BCUT2D eigenvalue weighted by atomic mass is 10.0. The van der Waals surface area contributed by atoms with E-state index < -0.39 is 0 Å². The highest BCUT2D eigenvalue weighted by atomic mass is 16.3. The van der Waals surface area contributed by atoms with Crippen LogP contribution in [0.4, 0.5) is 0 Å². The van der Waals surface area contributed by atoms with Crippen molar-refractivity contribution in [1.82, 2.24) is 4.90 Å². The number of aryl methyl sites for hydroxylation is 1. The molecule has 1 saturated heterocycles. The van der Waals surface area contributed by atoms with Crippen molar-refractivity contribution in [3.05, 3.63) is 29.3 Å². The molecule has 92 valence electrons. The first-order valence-electron chi connectivity index (χ1n) is 6.08. The van der Waals surface area contributed by atoms with Crippen LogP contribution in [-0.2, 0) is 0 Å². The second-order valence-corrected chi connectivity index (χ2v) is 5.14. The summed E-state index contributed by atoms with van der Waals surface area (Å²) in [5, 5.41) is 9.91. The molecule has 0 aliphatic carbocycles. The number of amides is 1. The molecule has 3 nitrogen and oxygen atoms in total. The first kappa shape index (κ1) is 12.0. The van der Waals surface area contributed by atoms with Crippen molar-refractivity contribution >= 4 is 5.91 Å². The zero-order valence-corrected chi connectivity index (χ0v) is 10.6. The molecule has 2 unspecified atom stereocenters. The van der Waals surface area contributed by atoms with Crippen LogP contribution in [-0.4, -0.2) is 29.0 Å². The molecule has 17 heavy (non-hydrogen) atoms. The molecule has 3 heteroatoms. The van der Waals surface area contributed by atoms with Gasteiger partial charge in [-0.15, -0.1) is 0 Å². The molecule has 1 N–H and O–H groups in total. The Hall–Kier alpha value is -1.51. The van der Waals surface area contributed by atoms with Crippen LogP contribution in [0.2, 0.25) is 0 Å². The molecule has 1 aromatic carbocycles. The molecular weight excluding hydrogens is 214 g/mol. The summed E-state index contributed by atoms with van der Waals surface area (Å²) in [6, 6.07) is 5.31. The monoisotopic (exact) mass is 233 g/mol. The molecule has 2 rings (SSSR count). The Kier molecular flexibility index (Phi) is 3.09. The SMILES string of the molecule is Cc1cccc(C(=O)N2CC(C)C(C)C2)c1O. The lowest BCUT2D eigenvalue weighted by molar-refractivity contribution is 0.0782. The third kappa shape index (κ3) is 2.14. The lowest BCUT2D eigenvalue weighted by Gasteiger charge is -2.17. The van der Waals surface area contributed by atoms with E-state index in [1.54, 1.807) is 19.1 Å². The predicted octanol–water partition coefficient (Wildman–Crippen LogP) is 2.43. The fraction of sp³-hybridized carbons (Fsp3) is 0.500. The standard InChI is InChI=1S/C14H19NO2/c1-9-5-4-6-12(13(9)16)14(17)15-7-10(2)11(3)8-15/h4-6,10-11,16H,7-8H2,1-3H3. The zero-order valence-electron chi connectivity index (χ0n) is 10.6. The van der Waals surface area contributed by atoms with Gasteiger partial charge in [-0.05, 0) is 30.4 Å². The average Bonchev–Trinajstić information content (AvgIpc) is 2.62. The summed E-state index contributed by atoms with van der Waals surface area (Å²) < 4.78 is 0. The number of likely N-dealkylation sites (tertiary alicyclic amines) is 1. The molecule has 1 heterocycles. The van der Waals surface area contributed by atoms with Crippen molar-refractivity contribution < 1.29 is 9.90 Å². The minimum atomic E-state index is -0.0533. The van der Waals surface area contributed by atoms with Gasteiger partial charge in [-0.3, -0.25) is 4.79 Å². The van der Waals surface area contributed by atoms with Gasteiger partial charge in [-0.2, -0.15) is 0 Å². The van der Waals surface area contributed by atoms with Crippen molar-refractivity contribution in [3.8, 4) is 5.75 Å². The second kappa shape index (κ2) is 4.40. The second-order valence-electron chi connectivity index (χ2n) is 5.14. The number of carbonyl (C=O) groups excluding carboxylic acids is 1. The molecule has 1 amide bonds. The quantitative estimate of drug-likeness (QED) is 0.809. The molecule has 0 saturated carbocycles. The van der Waals surface area contributed by atoms with Crippen LogP contribution >= 0.6 is 0 Å². The summed E-state index contributed by atoms with van der Waals surface area (Å²) in [5.74, 6) is 1.13. The molecule has 1 aliphatic rings. The highest BCUT2D eigenvalue weighted by Gasteiger charge is 2.30. The van der Waals surface area contributed by atoms with Gasteiger partial charge in [0.05, 0.1) is 5.56 Å². The van der Waals surface area contributed by atoms with E-state index in [1.807, 2.05) is 11.0 Å². The van der Waals surface area contributed by atoms with Gasteiger partial charge in [-0.1, -0.05) is 26.0 Å². The van der Waals surface area contributed by atoms with E-state index >= 15 is 0 Å². The third-order valence-electron chi connectivity index (χ3n) is 3.74. The molecule has 0 radical (unpaired) electrons. The van der Waals surface area contributed by atoms with E-state index in [0.717, 1.165) is 18.7 Å². The highest BCUT2D eigenvalue weighted by Crippen LogP contribution is 2.27. The van der Waals surface area contributed by atoms with Crippen molar-refractivity contribution in [3.63, 3.8) is 0 Å². The summed E-state index contributed by atoms with van der Waals surface area (Å²) in [5.41, 5.74) is 1.17. The molecule has 1 aliphatic heterocycles. The van der Waals surface area contributed by atoms with Crippen LogP contribution < -0.4 is 0 Å². The Balaban J connectivity index is 2.24. The fourth-order valence-electron chi connectivity index (χ4n) is 2.30. The van der Waals surface area contributed by atoms with Crippen LogP contribution in [0, 0.1) is 18.8 Å². The number of phenols is 1. The van der Waals surface area contributed by atoms with Crippen LogP contribution in [0.15, 0.2) is 18.2 Å². The van der Waals surface area contributed by atoms with Crippen LogP contribution in [0.25, 0.3) is 0 Å². The van der Waals surface area contributed by atoms with Gasteiger partial charge in [0.25, 0.3) is 5.91 Å². The lowest BCUT2D eigenvalue weighted by Crippen LogP contribution is -2.29. The van der Waals surface area contributed by atoms with Crippen molar-refractivity contribution in [2.24, 2.45) is 11.8 Å². The van der Waals surface area contributed by atoms with Gasteiger partial charge < -0.3 is 10.0 Å². The van der Waals surface area contributed by atoms with Crippen LogP contribution in [0.1, 0.15) is 29.8 Å². The number of benzene rings is 1. The number of rotatable bonds is 1. The van der Waals surface area contributed by atoms with E-state index in [-0.39, 0.29) is 11.7 Å². The summed E-state index contributed by atoms with van der Waals surface area (Å²) in [6.45, 7) is 7.70. The van der Waals surface area contributed by atoms with Gasteiger partial charge in [0, 0.05) is 13.1 Å². The first-order valence-corrected chi connectivity index (χ1v) is 6.08. The Morgan fingerprint density at radius 3 is 2.47 bits per heavy atom. The smallest absolute Gasteiger partial charge is 0.257 e. The molecule has 0 bridgehead atoms. The maximum Gasteiger partial charge on any atom is 0.257 e. The predicted molar refractivity (Wildman–Crippen MR) is 67.1 cm³/mol. The summed E-state index contributed by atoms with van der Waals surface area (Å²) in [6.07, 6.45) is 0. The summed E-state index contributed by atoms with van der Waals surface area (Å²) >= 11 is 0. The maximum atomic E-state index is 12.3. The minimum absolute atomic E-state index is 0.0533. The van der Waals surface area contributed by atoms with E-state index in [9.17, 15) is 9.90 Å². The number of nitrogens with zero attached hydrogens (tertiary/aromatic N) is 1.